The van der Waals surface area contributed by atoms with Gasteiger partial charge in [0.05, 0.1) is 6.54 Å². The van der Waals surface area contributed by atoms with Crippen LogP contribution in [0.25, 0.3) is 0 Å². The predicted molar refractivity (Wildman–Crippen MR) is 82.2 cm³/mol. The van der Waals surface area contributed by atoms with Gasteiger partial charge in [0.25, 0.3) is 0 Å². The topological polar surface area (TPSA) is 82.4 Å². The van der Waals surface area contributed by atoms with Crippen molar-refractivity contribution >= 4 is 23.3 Å². The number of nitriles is 1. The van der Waals surface area contributed by atoms with Crippen LogP contribution in [0, 0.1) is 11.3 Å². The molecule has 1 atom stereocenters. The average Bonchev–Trinajstić information content (AvgIpc) is 2.98. The molecule has 1 aromatic rings. The molecule has 6 nitrogen and oxygen atoms in total. The lowest BCUT2D eigenvalue weighted by molar-refractivity contribution is -0.129. The molecule has 0 aliphatic carbocycles. The fourth-order valence-corrected chi connectivity index (χ4v) is 3.01. The summed E-state index contributed by atoms with van der Waals surface area (Å²) in [5.41, 5.74) is -0.587. The molecule has 1 aliphatic rings. The highest BCUT2D eigenvalue weighted by molar-refractivity contribution is 7.12. The lowest BCUT2D eigenvalue weighted by Gasteiger charge is -2.21. The predicted octanol–water partition coefficient (Wildman–Crippen LogP) is 2.25. The van der Waals surface area contributed by atoms with Crippen molar-refractivity contribution in [3.05, 3.63) is 21.9 Å². The quantitative estimate of drug-likeness (QED) is 0.925. The molecule has 1 fully saturated rings. The Balaban J connectivity index is 1.89. The molecule has 0 spiro atoms. The normalized spacial score (nSPS) is 18.2. The van der Waals surface area contributed by atoms with Crippen LogP contribution < -0.4 is 5.32 Å². The molecule has 1 N–H and O–H groups in total. The van der Waals surface area contributed by atoms with Crippen molar-refractivity contribution < 1.29 is 14.3 Å². The number of thiophene rings is 1. The van der Waals surface area contributed by atoms with Crippen molar-refractivity contribution in [3.63, 3.8) is 0 Å². The van der Waals surface area contributed by atoms with Gasteiger partial charge in [-0.25, -0.2) is 4.79 Å². The molecule has 22 heavy (non-hydrogen) atoms. The van der Waals surface area contributed by atoms with Crippen LogP contribution in [0.1, 0.15) is 36.9 Å². The summed E-state index contributed by atoms with van der Waals surface area (Å²) in [5.74, 6) is -0.113. The molecule has 1 unspecified atom stereocenters. The second-order valence-electron chi connectivity index (χ2n) is 6.13. The number of hydrogen-bond acceptors (Lipinski definition) is 5. The van der Waals surface area contributed by atoms with E-state index in [-0.39, 0.29) is 5.91 Å². The van der Waals surface area contributed by atoms with Gasteiger partial charge in [0.1, 0.15) is 22.6 Å². The van der Waals surface area contributed by atoms with Gasteiger partial charge in [-0.15, -0.1) is 11.3 Å². The minimum absolute atomic E-state index is 0.113. The van der Waals surface area contributed by atoms with Crippen molar-refractivity contribution in [2.75, 3.05) is 6.54 Å². The van der Waals surface area contributed by atoms with E-state index in [4.69, 9.17) is 10.00 Å². The number of ether oxygens (including phenoxy) is 1. The van der Waals surface area contributed by atoms with Gasteiger partial charge in [-0.2, -0.15) is 5.26 Å². The highest BCUT2D eigenvalue weighted by Gasteiger charge is 2.33. The number of nitrogens with one attached hydrogen (secondary N) is 1. The summed E-state index contributed by atoms with van der Waals surface area (Å²) in [6, 6.07) is 5.14. The van der Waals surface area contributed by atoms with Crippen LogP contribution in [0.15, 0.2) is 12.1 Å². The molecule has 2 amide bonds. The Morgan fingerprint density at radius 1 is 1.55 bits per heavy atom. The number of carbonyl (C=O) groups is 2. The van der Waals surface area contributed by atoms with Crippen molar-refractivity contribution in [2.24, 2.45) is 0 Å². The maximum atomic E-state index is 12.3. The second kappa shape index (κ2) is 6.36. The maximum absolute atomic E-state index is 12.3. The summed E-state index contributed by atoms with van der Waals surface area (Å²) < 4.78 is 5.16. The lowest BCUT2D eigenvalue weighted by atomic mass is 10.2. The zero-order valence-corrected chi connectivity index (χ0v) is 13.7. The van der Waals surface area contributed by atoms with Gasteiger partial charge in [0, 0.05) is 11.4 Å². The fraction of sp³-hybridized carbons (Fsp3) is 0.533. The highest BCUT2D eigenvalue weighted by atomic mass is 32.1. The molecular weight excluding hydrogens is 302 g/mol. The van der Waals surface area contributed by atoms with Gasteiger partial charge >= 0.3 is 6.09 Å². The third kappa shape index (κ3) is 4.21. The molecule has 2 rings (SSSR count). The van der Waals surface area contributed by atoms with Crippen molar-refractivity contribution in [3.8, 4) is 6.07 Å². The van der Waals surface area contributed by atoms with Gasteiger partial charge in [-0.05, 0) is 39.3 Å². The van der Waals surface area contributed by atoms with Crippen LogP contribution >= 0.6 is 11.3 Å². The first-order valence-corrected chi connectivity index (χ1v) is 7.87. The Labute approximate surface area is 133 Å². The molecule has 0 aromatic carbocycles. The molecule has 1 aromatic heterocycles. The number of likely N-dealkylation sites (tertiary alicyclic amines) is 1. The summed E-state index contributed by atoms with van der Waals surface area (Å²) in [6.45, 7) is 6.38. The van der Waals surface area contributed by atoms with Crippen LogP contribution in [-0.4, -0.2) is 35.1 Å². The van der Waals surface area contributed by atoms with Crippen molar-refractivity contribution in [2.45, 2.75) is 45.4 Å². The Kier molecular flexibility index (Phi) is 4.71. The summed E-state index contributed by atoms with van der Waals surface area (Å²) in [5, 5.41) is 11.4. The number of hydrogen-bond donors (Lipinski definition) is 1. The van der Waals surface area contributed by atoms with Gasteiger partial charge < -0.3 is 15.0 Å². The third-order valence-corrected chi connectivity index (χ3v) is 4.08. The van der Waals surface area contributed by atoms with Crippen molar-refractivity contribution in [1.82, 2.24) is 10.2 Å². The zero-order chi connectivity index (χ0) is 16.3. The molecule has 2 heterocycles. The number of nitrogens with zero attached hydrogens (tertiary/aromatic N) is 2. The molecule has 7 heteroatoms. The SMILES string of the molecule is CC(C)(C)OC(=O)NC1CCN(Cc2ccc(C#N)s2)C1=O. The van der Waals surface area contributed by atoms with E-state index in [0.717, 1.165) is 4.88 Å². The largest absolute Gasteiger partial charge is 0.444 e. The van der Waals surface area contributed by atoms with Gasteiger partial charge in [-0.3, -0.25) is 4.79 Å². The maximum Gasteiger partial charge on any atom is 0.408 e. The summed E-state index contributed by atoms with van der Waals surface area (Å²) in [4.78, 5) is 27.3. The van der Waals surface area contributed by atoms with Crippen LogP contribution in [0.5, 0.6) is 0 Å². The van der Waals surface area contributed by atoms with Crippen molar-refractivity contribution in [1.29, 1.82) is 5.26 Å². The molecule has 0 radical (unpaired) electrons. The van der Waals surface area contributed by atoms with Crippen LogP contribution in [-0.2, 0) is 16.1 Å². The Morgan fingerprint density at radius 2 is 2.27 bits per heavy atom. The monoisotopic (exact) mass is 321 g/mol. The number of carbonyl (C=O) groups excluding carboxylic acids is 2. The number of rotatable bonds is 3. The van der Waals surface area contributed by atoms with E-state index in [1.807, 2.05) is 6.07 Å². The first kappa shape index (κ1) is 16.3. The molecular formula is C15H19N3O3S. The Hall–Kier alpha value is -2.07. The van der Waals surface area contributed by atoms with E-state index >= 15 is 0 Å². The van der Waals surface area contributed by atoms with E-state index in [0.29, 0.717) is 24.4 Å². The van der Waals surface area contributed by atoms with E-state index in [1.54, 1.807) is 31.7 Å². The summed E-state index contributed by atoms with van der Waals surface area (Å²) >= 11 is 1.38. The Morgan fingerprint density at radius 3 is 2.86 bits per heavy atom. The first-order valence-electron chi connectivity index (χ1n) is 7.05. The zero-order valence-electron chi connectivity index (χ0n) is 12.9. The molecule has 1 saturated heterocycles. The smallest absolute Gasteiger partial charge is 0.408 e. The average molecular weight is 321 g/mol. The molecule has 118 valence electrons. The number of alkyl carbamates (subject to hydrolysis) is 1. The minimum atomic E-state index is -0.587. The standard InChI is InChI=1S/C15H19N3O3S/c1-15(2,3)21-14(20)17-12-6-7-18(13(12)19)9-11-5-4-10(8-16)22-11/h4-5,12H,6-7,9H2,1-3H3,(H,17,20). The number of amides is 2. The van der Waals surface area contributed by atoms with Gasteiger partial charge in [0.15, 0.2) is 0 Å². The first-order chi connectivity index (χ1) is 10.3. The summed E-state index contributed by atoms with van der Waals surface area (Å²) in [7, 11) is 0. The lowest BCUT2D eigenvalue weighted by Crippen LogP contribution is -2.43. The molecule has 1 aliphatic heterocycles. The van der Waals surface area contributed by atoms with Crippen LogP contribution in [0.3, 0.4) is 0 Å². The van der Waals surface area contributed by atoms with E-state index in [9.17, 15) is 9.59 Å². The fourth-order valence-electron chi connectivity index (χ4n) is 2.19. The van der Waals surface area contributed by atoms with E-state index < -0.39 is 17.7 Å². The van der Waals surface area contributed by atoms with E-state index in [1.165, 1.54) is 11.3 Å². The van der Waals surface area contributed by atoms with Crippen LogP contribution in [0.4, 0.5) is 4.79 Å². The van der Waals surface area contributed by atoms with Gasteiger partial charge in [0.2, 0.25) is 5.91 Å². The summed E-state index contributed by atoms with van der Waals surface area (Å²) in [6.07, 6.45) is -0.00948. The van der Waals surface area contributed by atoms with Crippen LogP contribution in [0.2, 0.25) is 0 Å². The Bertz CT molecular complexity index is 612. The minimum Gasteiger partial charge on any atom is -0.444 e. The highest BCUT2D eigenvalue weighted by Crippen LogP contribution is 2.21. The third-order valence-electron chi connectivity index (χ3n) is 3.11. The molecule has 0 saturated carbocycles. The second-order valence-corrected chi connectivity index (χ2v) is 7.29. The molecule has 0 bridgehead atoms. The van der Waals surface area contributed by atoms with Gasteiger partial charge in [-0.1, -0.05) is 0 Å². The van der Waals surface area contributed by atoms with E-state index in [2.05, 4.69) is 11.4 Å².